The molecule has 1 rings (SSSR count). The van der Waals surface area contributed by atoms with Crippen LogP contribution >= 0.6 is 0 Å². The van der Waals surface area contributed by atoms with Crippen molar-refractivity contribution in [2.45, 2.75) is 33.1 Å². The van der Waals surface area contributed by atoms with Gasteiger partial charge in [-0.05, 0) is 32.1 Å². The Labute approximate surface area is 82.9 Å². The van der Waals surface area contributed by atoms with Crippen molar-refractivity contribution in [1.82, 2.24) is 0 Å². The van der Waals surface area contributed by atoms with Crippen LogP contribution in [-0.2, 0) is 9.59 Å². The summed E-state index contributed by atoms with van der Waals surface area (Å²) in [6, 6.07) is 0. The van der Waals surface area contributed by atoms with Crippen LogP contribution < -0.4 is 0 Å². The molecular formula is C10H16O4. The summed E-state index contributed by atoms with van der Waals surface area (Å²) in [6.45, 7) is 3.51. The van der Waals surface area contributed by atoms with E-state index >= 15 is 0 Å². The van der Waals surface area contributed by atoms with Crippen LogP contribution in [0.15, 0.2) is 0 Å². The first kappa shape index (κ1) is 11.0. The van der Waals surface area contributed by atoms with E-state index in [4.69, 9.17) is 10.2 Å². The normalized spacial score (nSPS) is 37.9. The number of carboxylic acid groups (broad SMARTS) is 2. The molecule has 0 amide bonds. The largest absolute Gasteiger partial charge is 0.481 e. The van der Waals surface area contributed by atoms with Crippen molar-refractivity contribution in [1.29, 1.82) is 0 Å². The minimum absolute atomic E-state index is 0.309. The molecule has 0 aromatic carbocycles. The quantitative estimate of drug-likeness (QED) is 0.710. The Kier molecular flexibility index (Phi) is 2.83. The summed E-state index contributed by atoms with van der Waals surface area (Å²) in [6.07, 6.45) is 1.73. The van der Waals surface area contributed by atoms with E-state index in [0.717, 1.165) is 6.42 Å². The molecule has 2 N–H and O–H groups in total. The molecule has 4 heteroatoms. The van der Waals surface area contributed by atoms with Crippen LogP contribution in [-0.4, -0.2) is 22.2 Å². The summed E-state index contributed by atoms with van der Waals surface area (Å²) < 4.78 is 0. The molecular weight excluding hydrogens is 184 g/mol. The highest BCUT2D eigenvalue weighted by Gasteiger charge is 2.48. The lowest BCUT2D eigenvalue weighted by molar-refractivity contribution is -0.165. The second-order valence-electron chi connectivity index (χ2n) is 4.49. The van der Waals surface area contributed by atoms with Gasteiger partial charge in [-0.1, -0.05) is 6.92 Å². The Morgan fingerprint density at radius 3 is 2.36 bits per heavy atom. The molecule has 0 spiro atoms. The van der Waals surface area contributed by atoms with Crippen LogP contribution in [0.3, 0.4) is 0 Å². The van der Waals surface area contributed by atoms with Crippen LogP contribution in [0.1, 0.15) is 33.1 Å². The molecule has 0 aliphatic heterocycles. The molecule has 0 bridgehead atoms. The lowest BCUT2D eigenvalue weighted by Gasteiger charge is -2.37. The molecule has 0 heterocycles. The van der Waals surface area contributed by atoms with Gasteiger partial charge in [0.15, 0.2) is 0 Å². The third-order valence-electron chi connectivity index (χ3n) is 3.35. The van der Waals surface area contributed by atoms with Gasteiger partial charge in [-0.2, -0.15) is 0 Å². The predicted molar refractivity (Wildman–Crippen MR) is 49.9 cm³/mol. The van der Waals surface area contributed by atoms with Crippen molar-refractivity contribution < 1.29 is 19.8 Å². The van der Waals surface area contributed by atoms with Gasteiger partial charge < -0.3 is 10.2 Å². The SMILES string of the molecule is C[C@H]1CC[C@](C)(C(=O)O)[C@H](C(=O)O)C1. The Morgan fingerprint density at radius 2 is 1.93 bits per heavy atom. The number of aliphatic carboxylic acids is 2. The van der Waals surface area contributed by atoms with E-state index in [9.17, 15) is 9.59 Å². The molecule has 14 heavy (non-hydrogen) atoms. The van der Waals surface area contributed by atoms with Crippen molar-refractivity contribution in [3.63, 3.8) is 0 Å². The van der Waals surface area contributed by atoms with Gasteiger partial charge in [-0.25, -0.2) is 0 Å². The first-order valence-corrected chi connectivity index (χ1v) is 4.84. The summed E-state index contributed by atoms with van der Waals surface area (Å²) >= 11 is 0. The van der Waals surface area contributed by atoms with Crippen molar-refractivity contribution in [2.24, 2.45) is 17.3 Å². The molecule has 0 saturated heterocycles. The minimum Gasteiger partial charge on any atom is -0.481 e. The minimum atomic E-state index is -1.08. The van der Waals surface area contributed by atoms with E-state index in [1.54, 1.807) is 6.92 Å². The van der Waals surface area contributed by atoms with Crippen LogP contribution in [0.25, 0.3) is 0 Å². The third kappa shape index (κ3) is 1.74. The maximum absolute atomic E-state index is 11.0. The average molecular weight is 200 g/mol. The van der Waals surface area contributed by atoms with Crippen molar-refractivity contribution in [2.75, 3.05) is 0 Å². The first-order valence-electron chi connectivity index (χ1n) is 4.84. The molecule has 0 aromatic rings. The molecule has 80 valence electrons. The lowest BCUT2D eigenvalue weighted by Crippen LogP contribution is -2.44. The van der Waals surface area contributed by atoms with Crippen molar-refractivity contribution >= 4 is 11.9 Å². The third-order valence-corrected chi connectivity index (χ3v) is 3.35. The van der Waals surface area contributed by atoms with Gasteiger partial charge in [0.1, 0.15) is 0 Å². The van der Waals surface area contributed by atoms with Gasteiger partial charge in [0.05, 0.1) is 11.3 Å². The zero-order chi connectivity index (χ0) is 10.9. The molecule has 1 fully saturated rings. The van der Waals surface area contributed by atoms with E-state index in [1.165, 1.54) is 0 Å². The molecule has 1 aliphatic rings. The summed E-state index contributed by atoms with van der Waals surface area (Å²) in [7, 11) is 0. The standard InChI is InChI=1S/C10H16O4/c1-6-3-4-10(2,9(13)14)7(5-6)8(11)12/h6-7H,3-5H2,1-2H3,(H,11,12)(H,13,14)/t6-,7-,10-/m0/s1. The van der Waals surface area contributed by atoms with Gasteiger partial charge in [-0.3, -0.25) is 9.59 Å². The zero-order valence-electron chi connectivity index (χ0n) is 8.49. The van der Waals surface area contributed by atoms with E-state index in [2.05, 4.69) is 0 Å². The Hall–Kier alpha value is -1.06. The molecule has 3 atom stereocenters. The molecule has 0 radical (unpaired) electrons. The van der Waals surface area contributed by atoms with Gasteiger partial charge in [0.25, 0.3) is 0 Å². The van der Waals surface area contributed by atoms with Crippen molar-refractivity contribution in [3.05, 3.63) is 0 Å². The summed E-state index contributed by atoms with van der Waals surface area (Å²) in [4.78, 5) is 22.0. The monoisotopic (exact) mass is 200 g/mol. The van der Waals surface area contributed by atoms with E-state index in [-0.39, 0.29) is 0 Å². The van der Waals surface area contributed by atoms with Gasteiger partial charge in [-0.15, -0.1) is 0 Å². The highest BCUT2D eigenvalue weighted by atomic mass is 16.4. The molecule has 1 saturated carbocycles. The van der Waals surface area contributed by atoms with Crippen LogP contribution in [0, 0.1) is 17.3 Å². The van der Waals surface area contributed by atoms with Crippen LogP contribution in [0.5, 0.6) is 0 Å². The first-order chi connectivity index (χ1) is 6.38. The number of carbonyl (C=O) groups is 2. The highest BCUT2D eigenvalue weighted by Crippen LogP contribution is 2.43. The summed E-state index contributed by atoms with van der Waals surface area (Å²) in [5.74, 6) is -2.41. The second kappa shape index (κ2) is 3.59. The Morgan fingerprint density at radius 1 is 1.36 bits per heavy atom. The van der Waals surface area contributed by atoms with Gasteiger partial charge >= 0.3 is 11.9 Å². The van der Waals surface area contributed by atoms with Gasteiger partial charge in [0.2, 0.25) is 0 Å². The average Bonchev–Trinajstić information content (AvgIpc) is 2.08. The molecule has 1 aliphatic carbocycles. The fourth-order valence-corrected chi connectivity index (χ4v) is 2.13. The van der Waals surface area contributed by atoms with Gasteiger partial charge in [0, 0.05) is 0 Å². The summed E-state index contributed by atoms with van der Waals surface area (Å²) in [5, 5.41) is 18.0. The smallest absolute Gasteiger partial charge is 0.310 e. The Balaban J connectivity index is 2.93. The van der Waals surface area contributed by atoms with E-state index < -0.39 is 23.3 Å². The van der Waals surface area contributed by atoms with E-state index in [0.29, 0.717) is 18.8 Å². The topological polar surface area (TPSA) is 74.6 Å². The van der Waals surface area contributed by atoms with Crippen LogP contribution in [0.4, 0.5) is 0 Å². The Bertz CT molecular complexity index is 261. The highest BCUT2D eigenvalue weighted by molar-refractivity contribution is 5.83. The zero-order valence-corrected chi connectivity index (χ0v) is 8.49. The van der Waals surface area contributed by atoms with E-state index in [1.807, 2.05) is 6.92 Å². The second-order valence-corrected chi connectivity index (χ2v) is 4.49. The lowest BCUT2D eigenvalue weighted by atomic mass is 9.64. The number of carboxylic acids is 2. The maximum atomic E-state index is 11.0. The predicted octanol–water partition coefficient (Wildman–Crippen LogP) is 1.60. The molecule has 0 unspecified atom stereocenters. The fourth-order valence-electron chi connectivity index (χ4n) is 2.13. The fraction of sp³-hybridized carbons (Fsp3) is 0.800. The summed E-state index contributed by atoms with van der Waals surface area (Å²) in [5.41, 5.74) is -1.08. The number of hydrogen-bond acceptors (Lipinski definition) is 2. The maximum Gasteiger partial charge on any atom is 0.310 e. The van der Waals surface area contributed by atoms with Crippen LogP contribution in [0.2, 0.25) is 0 Å². The molecule has 0 aromatic heterocycles. The number of rotatable bonds is 2. The van der Waals surface area contributed by atoms with Crippen molar-refractivity contribution in [3.8, 4) is 0 Å². The molecule has 4 nitrogen and oxygen atoms in total. The number of hydrogen-bond donors (Lipinski definition) is 2.